The van der Waals surface area contributed by atoms with Crippen molar-refractivity contribution in [2.75, 3.05) is 32.8 Å². The molecule has 0 saturated carbocycles. The third-order valence-corrected chi connectivity index (χ3v) is 6.33. The number of halogens is 1. The Kier molecular flexibility index (Phi) is 9.13. The number of aliphatic hydroxyl groups is 1. The van der Waals surface area contributed by atoms with Gasteiger partial charge in [-0.2, -0.15) is 0 Å². The summed E-state index contributed by atoms with van der Waals surface area (Å²) in [6, 6.07) is 13.3. The minimum Gasteiger partial charge on any atom is -0.507 e. The van der Waals surface area contributed by atoms with Crippen LogP contribution in [0.3, 0.4) is 0 Å². The summed E-state index contributed by atoms with van der Waals surface area (Å²) in [5.41, 5.74) is 1.25. The van der Waals surface area contributed by atoms with Gasteiger partial charge in [0.1, 0.15) is 11.5 Å². The Hall–Kier alpha value is -2.83. The SMILES string of the molecule is CCCOc1cccc(/C(O)=C2\C(=O)C(=O)N(CCCN(CC)CC)C2c2ccc(Cl)cc2)c1. The molecule has 0 radical (unpaired) electrons. The highest BCUT2D eigenvalue weighted by atomic mass is 35.5. The monoisotopic (exact) mass is 484 g/mol. The Labute approximate surface area is 206 Å². The summed E-state index contributed by atoms with van der Waals surface area (Å²) in [5, 5.41) is 11.8. The standard InChI is InChI=1S/C27H33ClN2O4/c1-4-17-34-22-10-7-9-20(18-22)25(31)23-24(19-11-13-21(28)14-12-19)30(27(33)26(23)32)16-8-15-29(5-2)6-3/h7,9-14,18,24,31H,4-6,8,15-17H2,1-3H3/b25-23+. The van der Waals surface area contributed by atoms with E-state index < -0.39 is 17.7 Å². The molecule has 1 heterocycles. The van der Waals surface area contributed by atoms with Gasteiger partial charge in [-0.3, -0.25) is 9.59 Å². The van der Waals surface area contributed by atoms with E-state index in [1.54, 1.807) is 53.4 Å². The molecule has 1 unspecified atom stereocenters. The molecule has 1 atom stereocenters. The van der Waals surface area contributed by atoms with Gasteiger partial charge in [0.05, 0.1) is 18.2 Å². The van der Waals surface area contributed by atoms with Crippen LogP contribution < -0.4 is 4.74 Å². The summed E-state index contributed by atoms with van der Waals surface area (Å²) in [6.07, 6.45) is 1.57. The summed E-state index contributed by atoms with van der Waals surface area (Å²) < 4.78 is 5.68. The Morgan fingerprint density at radius 3 is 2.44 bits per heavy atom. The molecule has 1 saturated heterocycles. The van der Waals surface area contributed by atoms with Crippen LogP contribution in [0.1, 0.15) is 50.8 Å². The first-order valence-corrected chi connectivity index (χ1v) is 12.3. The molecule has 1 fully saturated rings. The number of rotatable bonds is 11. The third-order valence-electron chi connectivity index (χ3n) is 6.07. The van der Waals surface area contributed by atoms with Gasteiger partial charge in [-0.1, -0.05) is 56.6 Å². The van der Waals surface area contributed by atoms with Gasteiger partial charge in [-0.05, 0) is 62.3 Å². The summed E-state index contributed by atoms with van der Waals surface area (Å²) in [6.45, 7) is 9.83. The van der Waals surface area contributed by atoms with E-state index in [9.17, 15) is 14.7 Å². The second-order valence-electron chi connectivity index (χ2n) is 8.30. The fraction of sp³-hybridized carbons (Fsp3) is 0.407. The summed E-state index contributed by atoms with van der Waals surface area (Å²) in [7, 11) is 0. The molecule has 34 heavy (non-hydrogen) atoms. The molecule has 7 heteroatoms. The summed E-state index contributed by atoms with van der Waals surface area (Å²) in [5.74, 6) is -0.881. The highest BCUT2D eigenvalue weighted by molar-refractivity contribution is 6.46. The molecule has 1 aliphatic rings. The number of carbonyl (C=O) groups is 2. The van der Waals surface area contributed by atoms with Crippen molar-refractivity contribution in [3.63, 3.8) is 0 Å². The molecule has 0 spiro atoms. The maximum absolute atomic E-state index is 13.2. The van der Waals surface area contributed by atoms with Crippen molar-refractivity contribution in [2.45, 2.75) is 39.7 Å². The number of ketones is 1. The van der Waals surface area contributed by atoms with Crippen molar-refractivity contribution < 1.29 is 19.4 Å². The van der Waals surface area contributed by atoms with Gasteiger partial charge in [-0.15, -0.1) is 0 Å². The van der Waals surface area contributed by atoms with E-state index in [2.05, 4.69) is 18.7 Å². The van der Waals surface area contributed by atoms with Crippen LogP contribution in [0.25, 0.3) is 5.76 Å². The topological polar surface area (TPSA) is 70.1 Å². The average Bonchev–Trinajstić information content (AvgIpc) is 3.10. The number of Topliss-reactive ketones (excluding diaryl/α,β-unsaturated/α-hetero) is 1. The second kappa shape index (κ2) is 12.0. The van der Waals surface area contributed by atoms with Crippen LogP contribution >= 0.6 is 11.6 Å². The second-order valence-corrected chi connectivity index (χ2v) is 8.74. The van der Waals surface area contributed by atoms with E-state index in [1.165, 1.54) is 0 Å². The molecular weight excluding hydrogens is 452 g/mol. The molecule has 0 bridgehead atoms. The van der Waals surface area contributed by atoms with Crippen LogP contribution in [0.5, 0.6) is 5.75 Å². The zero-order valence-corrected chi connectivity index (χ0v) is 20.8. The first kappa shape index (κ1) is 25.8. The Morgan fingerprint density at radius 1 is 1.09 bits per heavy atom. The van der Waals surface area contributed by atoms with Crippen LogP contribution in [0.4, 0.5) is 0 Å². The van der Waals surface area contributed by atoms with Crippen molar-refractivity contribution in [1.82, 2.24) is 9.80 Å². The summed E-state index contributed by atoms with van der Waals surface area (Å²) in [4.78, 5) is 30.1. The predicted molar refractivity (Wildman–Crippen MR) is 135 cm³/mol. The lowest BCUT2D eigenvalue weighted by molar-refractivity contribution is -0.140. The zero-order valence-electron chi connectivity index (χ0n) is 20.1. The van der Waals surface area contributed by atoms with Crippen LogP contribution in [-0.4, -0.2) is 59.4 Å². The lowest BCUT2D eigenvalue weighted by atomic mass is 9.95. The van der Waals surface area contributed by atoms with Gasteiger partial charge in [0.15, 0.2) is 0 Å². The lowest BCUT2D eigenvalue weighted by Crippen LogP contribution is -2.33. The minimum absolute atomic E-state index is 0.0859. The fourth-order valence-corrected chi connectivity index (χ4v) is 4.34. The van der Waals surface area contributed by atoms with Crippen molar-refractivity contribution >= 4 is 29.1 Å². The number of likely N-dealkylation sites (tertiary alicyclic amines) is 1. The summed E-state index contributed by atoms with van der Waals surface area (Å²) >= 11 is 6.09. The first-order chi connectivity index (χ1) is 16.4. The van der Waals surface area contributed by atoms with Gasteiger partial charge in [0, 0.05) is 17.1 Å². The number of aliphatic hydroxyl groups excluding tert-OH is 1. The Balaban J connectivity index is 2.01. The quantitative estimate of drug-likeness (QED) is 0.267. The van der Waals surface area contributed by atoms with Crippen LogP contribution in [0.2, 0.25) is 5.02 Å². The lowest BCUT2D eigenvalue weighted by Gasteiger charge is -2.27. The van der Waals surface area contributed by atoms with E-state index in [0.717, 1.165) is 38.0 Å². The van der Waals surface area contributed by atoms with Crippen molar-refractivity contribution in [3.05, 3.63) is 70.3 Å². The maximum Gasteiger partial charge on any atom is 0.295 e. The molecule has 1 aliphatic heterocycles. The Morgan fingerprint density at radius 2 is 1.79 bits per heavy atom. The molecule has 182 valence electrons. The number of carbonyl (C=O) groups excluding carboxylic acids is 2. The number of amides is 1. The van der Waals surface area contributed by atoms with E-state index in [4.69, 9.17) is 16.3 Å². The van der Waals surface area contributed by atoms with E-state index >= 15 is 0 Å². The molecule has 0 aliphatic carbocycles. The molecule has 2 aromatic carbocycles. The predicted octanol–water partition coefficient (Wildman–Crippen LogP) is 5.28. The van der Waals surface area contributed by atoms with E-state index in [1.807, 2.05) is 6.92 Å². The van der Waals surface area contributed by atoms with Crippen LogP contribution in [-0.2, 0) is 9.59 Å². The van der Waals surface area contributed by atoms with Gasteiger partial charge in [0.2, 0.25) is 0 Å². The number of nitrogens with zero attached hydrogens (tertiary/aromatic N) is 2. The minimum atomic E-state index is -0.686. The highest BCUT2D eigenvalue weighted by Gasteiger charge is 2.45. The molecule has 6 nitrogen and oxygen atoms in total. The fourth-order valence-electron chi connectivity index (χ4n) is 4.22. The van der Waals surface area contributed by atoms with Crippen LogP contribution in [0, 0.1) is 0 Å². The van der Waals surface area contributed by atoms with Crippen molar-refractivity contribution in [3.8, 4) is 5.75 Å². The normalized spacial score (nSPS) is 17.6. The molecule has 0 aromatic heterocycles. The maximum atomic E-state index is 13.2. The first-order valence-electron chi connectivity index (χ1n) is 11.9. The number of hydrogen-bond donors (Lipinski definition) is 1. The molecular formula is C27H33ClN2O4. The van der Waals surface area contributed by atoms with Gasteiger partial charge in [0.25, 0.3) is 11.7 Å². The molecule has 1 N–H and O–H groups in total. The number of hydrogen-bond acceptors (Lipinski definition) is 5. The van der Waals surface area contributed by atoms with E-state index in [0.29, 0.717) is 29.5 Å². The zero-order chi connectivity index (χ0) is 24.7. The third kappa shape index (κ3) is 5.80. The average molecular weight is 485 g/mol. The Bertz CT molecular complexity index is 1030. The number of benzene rings is 2. The van der Waals surface area contributed by atoms with Gasteiger partial charge < -0.3 is 19.6 Å². The van der Waals surface area contributed by atoms with Crippen molar-refractivity contribution in [2.24, 2.45) is 0 Å². The molecule has 1 amide bonds. The highest BCUT2D eigenvalue weighted by Crippen LogP contribution is 2.40. The van der Waals surface area contributed by atoms with Gasteiger partial charge >= 0.3 is 0 Å². The molecule has 3 rings (SSSR count). The largest absolute Gasteiger partial charge is 0.507 e. The molecule has 2 aromatic rings. The van der Waals surface area contributed by atoms with Gasteiger partial charge in [-0.25, -0.2) is 0 Å². The number of ether oxygens (including phenoxy) is 1. The van der Waals surface area contributed by atoms with Crippen LogP contribution in [0.15, 0.2) is 54.1 Å². The van der Waals surface area contributed by atoms with E-state index in [-0.39, 0.29) is 11.3 Å². The van der Waals surface area contributed by atoms with Crippen molar-refractivity contribution in [1.29, 1.82) is 0 Å². The smallest absolute Gasteiger partial charge is 0.295 e.